The summed E-state index contributed by atoms with van der Waals surface area (Å²) in [5.74, 6) is -0.498. The lowest BCUT2D eigenvalue weighted by atomic mass is 9.93. The minimum Gasteiger partial charge on any atom is -0.394 e. The summed E-state index contributed by atoms with van der Waals surface area (Å²) in [4.78, 5) is 3.67. The molecule has 1 aliphatic heterocycles. The molecule has 2 rings (SSSR count). The predicted molar refractivity (Wildman–Crippen MR) is 73.5 cm³/mol. The summed E-state index contributed by atoms with van der Waals surface area (Å²) >= 11 is 5.93. The molecule has 0 saturated carbocycles. The van der Waals surface area contributed by atoms with Gasteiger partial charge in [0.1, 0.15) is 0 Å². The maximum Gasteiger partial charge on any atom is 0.166 e. The van der Waals surface area contributed by atoms with Crippen molar-refractivity contribution >= 4 is 17.3 Å². The monoisotopic (exact) mass is 304 g/mol. The molecule has 5 nitrogen and oxygen atoms in total. The fourth-order valence-corrected chi connectivity index (χ4v) is 2.42. The van der Waals surface area contributed by atoms with Gasteiger partial charge < -0.3 is 19.9 Å². The Hall–Kier alpha value is -0.950. The average Bonchev–Trinajstić information content (AvgIpc) is 2.46. The third-order valence-electron chi connectivity index (χ3n) is 3.34. The van der Waals surface area contributed by atoms with Crippen molar-refractivity contribution < 1.29 is 19.0 Å². The van der Waals surface area contributed by atoms with Gasteiger partial charge in [0.05, 0.1) is 35.7 Å². The van der Waals surface area contributed by atoms with Crippen molar-refractivity contribution in [2.75, 3.05) is 38.3 Å². The molecule has 0 atom stereocenters. The van der Waals surface area contributed by atoms with Crippen LogP contribution in [0.2, 0.25) is 5.02 Å². The second-order valence-electron chi connectivity index (χ2n) is 4.70. The summed E-state index contributed by atoms with van der Waals surface area (Å²) in [6.07, 6.45) is 3.87. The van der Waals surface area contributed by atoms with Crippen LogP contribution >= 0.6 is 11.6 Å². The lowest BCUT2D eigenvalue weighted by Crippen LogP contribution is -2.45. The van der Waals surface area contributed by atoms with Crippen molar-refractivity contribution in [3.05, 3.63) is 23.2 Å². The molecule has 1 aromatic rings. The molecule has 0 radical (unpaired) electrons. The first-order valence-corrected chi connectivity index (χ1v) is 6.90. The molecule has 1 saturated heterocycles. The maximum absolute atomic E-state index is 13.7. The quantitative estimate of drug-likeness (QED) is 0.840. The molecule has 0 bridgehead atoms. The van der Waals surface area contributed by atoms with Gasteiger partial charge in [-0.15, -0.1) is 0 Å². The molecule has 1 aliphatic rings. The van der Waals surface area contributed by atoms with Crippen LogP contribution in [0.4, 0.5) is 10.1 Å². The molecule has 0 spiro atoms. The van der Waals surface area contributed by atoms with Crippen molar-refractivity contribution in [2.45, 2.75) is 18.4 Å². The van der Waals surface area contributed by atoms with Gasteiger partial charge in [-0.05, 0) is 0 Å². The summed E-state index contributed by atoms with van der Waals surface area (Å²) < 4.78 is 24.7. The standard InChI is InChI=1S/C13H18ClFN2O3/c14-10-7-16-8-11(15)12(10)17-9-13(20-6-3-18)1-4-19-5-2-13/h7-8,18H,1-6,9H2,(H,16,17). The number of aliphatic hydroxyl groups excluding tert-OH is 1. The molecule has 7 heteroatoms. The minimum absolute atomic E-state index is 0.0486. The van der Waals surface area contributed by atoms with E-state index in [-0.39, 0.29) is 23.9 Å². The third kappa shape index (κ3) is 3.79. The normalized spacial score (nSPS) is 17.9. The number of pyridine rings is 1. The highest BCUT2D eigenvalue weighted by Gasteiger charge is 2.33. The van der Waals surface area contributed by atoms with Crippen LogP contribution < -0.4 is 5.32 Å². The van der Waals surface area contributed by atoms with Crippen LogP contribution in [-0.4, -0.2) is 48.7 Å². The highest BCUT2D eigenvalue weighted by Crippen LogP contribution is 2.29. The molecule has 112 valence electrons. The second-order valence-corrected chi connectivity index (χ2v) is 5.11. The molecule has 1 fully saturated rings. The molecule has 0 unspecified atom stereocenters. The number of anilines is 1. The molecule has 0 aromatic carbocycles. The smallest absolute Gasteiger partial charge is 0.166 e. The van der Waals surface area contributed by atoms with Crippen LogP contribution in [0, 0.1) is 5.82 Å². The summed E-state index contributed by atoms with van der Waals surface area (Å²) in [7, 11) is 0. The first-order valence-electron chi connectivity index (χ1n) is 6.52. The molecule has 2 heterocycles. The maximum atomic E-state index is 13.7. The lowest BCUT2D eigenvalue weighted by Gasteiger charge is -2.37. The van der Waals surface area contributed by atoms with Crippen molar-refractivity contribution in [2.24, 2.45) is 0 Å². The van der Waals surface area contributed by atoms with E-state index in [9.17, 15) is 4.39 Å². The van der Waals surface area contributed by atoms with Crippen LogP contribution in [0.3, 0.4) is 0 Å². The minimum atomic E-state index is -0.498. The van der Waals surface area contributed by atoms with Gasteiger partial charge >= 0.3 is 0 Å². The fraction of sp³-hybridized carbons (Fsp3) is 0.615. The second kappa shape index (κ2) is 7.17. The molecular formula is C13H18ClFN2O3. The summed E-state index contributed by atoms with van der Waals surface area (Å²) in [5, 5.41) is 12.1. The van der Waals surface area contributed by atoms with E-state index in [1.54, 1.807) is 0 Å². The number of halogens is 2. The van der Waals surface area contributed by atoms with Gasteiger partial charge in [-0.3, -0.25) is 4.98 Å². The Morgan fingerprint density at radius 3 is 2.85 bits per heavy atom. The third-order valence-corrected chi connectivity index (χ3v) is 3.63. The number of rotatable bonds is 6. The first-order chi connectivity index (χ1) is 9.67. The largest absolute Gasteiger partial charge is 0.394 e. The van der Waals surface area contributed by atoms with Crippen molar-refractivity contribution in [1.29, 1.82) is 0 Å². The van der Waals surface area contributed by atoms with Gasteiger partial charge in [-0.25, -0.2) is 4.39 Å². The van der Waals surface area contributed by atoms with Gasteiger partial charge in [0.25, 0.3) is 0 Å². The predicted octanol–water partition coefficient (Wildman–Crippen LogP) is 1.84. The number of hydrogen-bond acceptors (Lipinski definition) is 5. The van der Waals surface area contributed by atoms with Crippen LogP contribution in [0.5, 0.6) is 0 Å². The lowest BCUT2D eigenvalue weighted by molar-refractivity contribution is -0.109. The molecule has 2 N–H and O–H groups in total. The zero-order chi connectivity index (χ0) is 14.4. The Morgan fingerprint density at radius 2 is 2.20 bits per heavy atom. The van der Waals surface area contributed by atoms with Crippen LogP contribution in [0.1, 0.15) is 12.8 Å². The SMILES string of the molecule is OCCOC1(CNc2c(F)cncc2Cl)CCOCC1. The molecule has 0 amide bonds. The zero-order valence-electron chi connectivity index (χ0n) is 11.1. The van der Waals surface area contributed by atoms with Crippen molar-refractivity contribution in [1.82, 2.24) is 4.98 Å². The van der Waals surface area contributed by atoms with E-state index in [0.29, 0.717) is 32.6 Å². The topological polar surface area (TPSA) is 63.6 Å². The zero-order valence-corrected chi connectivity index (χ0v) is 11.8. The summed E-state index contributed by atoms with van der Waals surface area (Å²) in [5.41, 5.74) is -0.250. The summed E-state index contributed by atoms with van der Waals surface area (Å²) in [6, 6.07) is 0. The Bertz CT molecular complexity index is 421. The Balaban J connectivity index is 2.04. The van der Waals surface area contributed by atoms with E-state index in [0.717, 1.165) is 6.20 Å². The Kier molecular flexibility index (Phi) is 5.54. The molecule has 20 heavy (non-hydrogen) atoms. The van der Waals surface area contributed by atoms with E-state index in [2.05, 4.69) is 10.3 Å². The number of nitrogens with zero attached hydrogens (tertiary/aromatic N) is 1. The number of ether oxygens (including phenoxy) is 2. The van der Waals surface area contributed by atoms with E-state index < -0.39 is 11.4 Å². The Labute approximate surface area is 122 Å². The number of nitrogens with one attached hydrogen (secondary N) is 1. The van der Waals surface area contributed by atoms with E-state index in [1.165, 1.54) is 6.20 Å². The van der Waals surface area contributed by atoms with Gasteiger partial charge in [-0.2, -0.15) is 0 Å². The van der Waals surface area contributed by atoms with Gasteiger partial charge in [0, 0.05) is 38.8 Å². The van der Waals surface area contributed by atoms with Crippen LogP contribution in [0.15, 0.2) is 12.4 Å². The van der Waals surface area contributed by atoms with Gasteiger partial charge in [0.2, 0.25) is 0 Å². The van der Waals surface area contributed by atoms with Crippen molar-refractivity contribution in [3.8, 4) is 0 Å². The Morgan fingerprint density at radius 1 is 1.45 bits per heavy atom. The van der Waals surface area contributed by atoms with E-state index in [1.807, 2.05) is 0 Å². The van der Waals surface area contributed by atoms with Crippen molar-refractivity contribution in [3.63, 3.8) is 0 Å². The molecular weight excluding hydrogens is 287 g/mol. The van der Waals surface area contributed by atoms with Gasteiger partial charge in [-0.1, -0.05) is 11.6 Å². The number of aromatic nitrogens is 1. The first kappa shape index (κ1) is 15.4. The molecule has 0 aliphatic carbocycles. The summed E-state index contributed by atoms with van der Waals surface area (Å²) in [6.45, 7) is 1.76. The van der Waals surface area contributed by atoms with Gasteiger partial charge in [0.15, 0.2) is 5.82 Å². The highest BCUT2D eigenvalue weighted by molar-refractivity contribution is 6.33. The molecule has 1 aromatic heterocycles. The fourth-order valence-electron chi connectivity index (χ4n) is 2.21. The van der Waals surface area contributed by atoms with Crippen LogP contribution in [0.25, 0.3) is 0 Å². The average molecular weight is 305 g/mol. The van der Waals surface area contributed by atoms with E-state index >= 15 is 0 Å². The number of hydrogen-bond donors (Lipinski definition) is 2. The van der Waals surface area contributed by atoms with E-state index in [4.69, 9.17) is 26.2 Å². The number of aliphatic hydroxyl groups is 1. The van der Waals surface area contributed by atoms with Crippen LogP contribution in [-0.2, 0) is 9.47 Å². The highest BCUT2D eigenvalue weighted by atomic mass is 35.5.